The van der Waals surface area contributed by atoms with Gasteiger partial charge in [0.05, 0.1) is 0 Å². The van der Waals surface area contributed by atoms with E-state index in [9.17, 15) is 9.59 Å². The number of rotatable bonds is 4. The maximum absolute atomic E-state index is 13.1. The van der Waals surface area contributed by atoms with Crippen LogP contribution >= 0.6 is 11.5 Å². The molecule has 3 amide bonds. The minimum atomic E-state index is -0.270. The lowest BCUT2D eigenvalue weighted by Gasteiger charge is -2.35. The van der Waals surface area contributed by atoms with Crippen LogP contribution < -0.4 is 15.1 Å². The van der Waals surface area contributed by atoms with Crippen molar-refractivity contribution in [2.24, 2.45) is 0 Å². The lowest BCUT2D eigenvalue weighted by molar-refractivity contribution is 0.0741. The second-order valence-electron chi connectivity index (χ2n) is 7.87. The molecule has 2 aliphatic heterocycles. The second-order valence-corrected chi connectivity index (χ2v) is 8.63. The molecule has 1 N–H and O–H groups in total. The molecule has 0 aromatic carbocycles. The van der Waals surface area contributed by atoms with Gasteiger partial charge in [-0.25, -0.2) is 19.7 Å². The van der Waals surface area contributed by atoms with E-state index in [-0.39, 0.29) is 17.6 Å². The van der Waals surface area contributed by atoms with Crippen molar-refractivity contribution in [3.05, 3.63) is 48.5 Å². The van der Waals surface area contributed by atoms with E-state index in [1.165, 1.54) is 0 Å². The lowest BCUT2D eigenvalue weighted by Crippen LogP contribution is -2.51. The second kappa shape index (κ2) is 9.95. The number of hydrogen-bond donors (Lipinski definition) is 1. The molecule has 5 rings (SSSR count). The van der Waals surface area contributed by atoms with Gasteiger partial charge in [0.2, 0.25) is 5.95 Å². The number of amides is 3. The molecule has 0 radical (unpaired) electrons. The van der Waals surface area contributed by atoms with Gasteiger partial charge in [0.1, 0.15) is 5.82 Å². The summed E-state index contributed by atoms with van der Waals surface area (Å²) in [6.45, 7) is 4.75. The van der Waals surface area contributed by atoms with Gasteiger partial charge in [-0.1, -0.05) is 10.6 Å². The Morgan fingerprint density at radius 2 is 1.47 bits per heavy atom. The summed E-state index contributed by atoms with van der Waals surface area (Å²) in [7, 11) is 0. The number of piperazine rings is 2. The predicted octanol–water partition coefficient (Wildman–Crippen LogP) is 1.04. The molecule has 0 aliphatic carbocycles. The van der Waals surface area contributed by atoms with Gasteiger partial charge >= 0.3 is 6.03 Å². The maximum atomic E-state index is 13.1. The molecule has 0 bridgehead atoms. The molecule has 2 fully saturated rings. The Labute approximate surface area is 200 Å². The highest BCUT2D eigenvalue weighted by atomic mass is 32.1. The van der Waals surface area contributed by atoms with Gasteiger partial charge < -0.3 is 19.6 Å². The van der Waals surface area contributed by atoms with Crippen LogP contribution in [0.4, 0.5) is 21.6 Å². The van der Waals surface area contributed by atoms with Gasteiger partial charge in [0.25, 0.3) is 5.91 Å². The quantitative estimate of drug-likeness (QED) is 0.583. The van der Waals surface area contributed by atoms with Crippen molar-refractivity contribution in [1.82, 2.24) is 34.3 Å². The van der Waals surface area contributed by atoms with Crippen LogP contribution in [0.5, 0.6) is 0 Å². The topological polar surface area (TPSA) is 124 Å². The zero-order valence-corrected chi connectivity index (χ0v) is 19.3. The Hall–Kier alpha value is -3.87. The van der Waals surface area contributed by atoms with E-state index in [0.717, 1.165) is 17.4 Å². The van der Waals surface area contributed by atoms with Crippen molar-refractivity contribution in [3.63, 3.8) is 0 Å². The largest absolute Gasteiger partial charge is 0.353 e. The highest BCUT2D eigenvalue weighted by Gasteiger charge is 2.29. The first kappa shape index (κ1) is 21.9. The molecule has 12 nitrogen and oxygen atoms in total. The van der Waals surface area contributed by atoms with Gasteiger partial charge in [-0.3, -0.25) is 10.1 Å². The van der Waals surface area contributed by atoms with E-state index in [2.05, 4.69) is 34.8 Å². The third-order valence-corrected chi connectivity index (χ3v) is 6.49. The summed E-state index contributed by atoms with van der Waals surface area (Å²) in [6, 6.07) is 7.29. The molecule has 0 spiro atoms. The molecular formula is C21H24N10O2S. The molecule has 3 aromatic heterocycles. The van der Waals surface area contributed by atoms with E-state index in [1.54, 1.807) is 34.5 Å². The predicted molar refractivity (Wildman–Crippen MR) is 127 cm³/mol. The molecule has 0 atom stereocenters. The fourth-order valence-electron chi connectivity index (χ4n) is 3.98. The van der Waals surface area contributed by atoms with Gasteiger partial charge in [-0.15, -0.1) is 5.10 Å². The number of anilines is 3. The van der Waals surface area contributed by atoms with E-state index < -0.39 is 0 Å². The lowest BCUT2D eigenvalue weighted by atomic mass is 10.2. The number of carbonyl (C=O) groups is 2. The van der Waals surface area contributed by atoms with Crippen LogP contribution in [0.1, 0.15) is 10.5 Å². The van der Waals surface area contributed by atoms with Crippen LogP contribution in [0, 0.1) is 0 Å². The van der Waals surface area contributed by atoms with E-state index in [4.69, 9.17) is 0 Å². The van der Waals surface area contributed by atoms with E-state index in [0.29, 0.717) is 63.3 Å². The summed E-state index contributed by atoms with van der Waals surface area (Å²) in [5.41, 5.74) is 0.181. The number of pyridine rings is 1. The van der Waals surface area contributed by atoms with Crippen molar-refractivity contribution < 1.29 is 9.59 Å². The van der Waals surface area contributed by atoms with Gasteiger partial charge in [-0.05, 0) is 18.2 Å². The molecule has 2 saturated heterocycles. The fraction of sp³-hybridized carbons (Fsp3) is 0.381. The van der Waals surface area contributed by atoms with Crippen LogP contribution in [0.25, 0.3) is 0 Å². The summed E-state index contributed by atoms with van der Waals surface area (Å²) in [5.74, 6) is 1.33. The Morgan fingerprint density at radius 3 is 2.18 bits per heavy atom. The standard InChI is InChI=1S/C21H24N10O2S/c32-19(29-10-8-28(9-11-29)16-4-1-2-5-22-16)17-18(34-27-26-17)25-21(33)31-14-12-30(13-15-31)20-23-6-3-7-24-20/h1-7H,8-15H2,(H,25,33). The normalized spacial score (nSPS) is 16.5. The van der Waals surface area contributed by atoms with Crippen LogP contribution in [-0.4, -0.2) is 98.6 Å². The Bertz CT molecular complexity index is 1110. The first-order valence-corrected chi connectivity index (χ1v) is 11.8. The monoisotopic (exact) mass is 480 g/mol. The minimum absolute atomic E-state index is 0.181. The summed E-state index contributed by atoms with van der Waals surface area (Å²) >= 11 is 1.01. The molecular weight excluding hydrogens is 456 g/mol. The summed E-state index contributed by atoms with van der Waals surface area (Å²) in [5, 5.41) is 7.22. The third kappa shape index (κ3) is 4.73. The van der Waals surface area contributed by atoms with Gasteiger partial charge in [-0.2, -0.15) is 0 Å². The Kier molecular flexibility index (Phi) is 6.42. The smallest absolute Gasteiger partial charge is 0.322 e. The van der Waals surface area contributed by atoms with Crippen LogP contribution in [0.15, 0.2) is 42.9 Å². The third-order valence-electron chi connectivity index (χ3n) is 5.85. The Balaban J connectivity index is 1.15. The molecule has 13 heteroatoms. The molecule has 3 aromatic rings. The van der Waals surface area contributed by atoms with Gasteiger partial charge in [0, 0.05) is 82.5 Å². The molecule has 0 unspecified atom stereocenters. The highest BCUT2D eigenvalue weighted by molar-refractivity contribution is 7.10. The van der Waals surface area contributed by atoms with Crippen LogP contribution in [0.3, 0.4) is 0 Å². The summed E-state index contributed by atoms with van der Waals surface area (Å²) in [6.07, 6.45) is 5.17. The number of nitrogens with one attached hydrogen (secondary N) is 1. The molecule has 0 saturated carbocycles. The molecule has 2 aliphatic rings. The summed E-state index contributed by atoms with van der Waals surface area (Å²) in [4.78, 5) is 46.5. The molecule has 176 valence electrons. The number of nitrogens with zero attached hydrogens (tertiary/aromatic N) is 9. The number of aromatic nitrogens is 5. The van der Waals surface area contributed by atoms with Crippen molar-refractivity contribution in [2.75, 3.05) is 67.5 Å². The molecule has 34 heavy (non-hydrogen) atoms. The highest BCUT2D eigenvalue weighted by Crippen LogP contribution is 2.22. The van der Waals surface area contributed by atoms with Crippen molar-refractivity contribution in [2.45, 2.75) is 0 Å². The zero-order chi connectivity index (χ0) is 23.3. The van der Waals surface area contributed by atoms with Crippen molar-refractivity contribution in [1.29, 1.82) is 0 Å². The number of hydrogen-bond acceptors (Lipinski definition) is 10. The zero-order valence-electron chi connectivity index (χ0n) is 18.4. The fourth-order valence-corrected chi connectivity index (χ4v) is 4.53. The first-order valence-electron chi connectivity index (χ1n) is 11.0. The number of carbonyl (C=O) groups excluding carboxylic acids is 2. The van der Waals surface area contributed by atoms with E-state index in [1.807, 2.05) is 23.1 Å². The average Bonchev–Trinajstić information content (AvgIpc) is 3.37. The van der Waals surface area contributed by atoms with Crippen LogP contribution in [0.2, 0.25) is 0 Å². The van der Waals surface area contributed by atoms with Crippen molar-refractivity contribution in [3.8, 4) is 0 Å². The first-order chi connectivity index (χ1) is 16.7. The van der Waals surface area contributed by atoms with Gasteiger partial charge in [0.15, 0.2) is 10.7 Å². The van der Waals surface area contributed by atoms with Crippen LogP contribution in [-0.2, 0) is 0 Å². The summed E-state index contributed by atoms with van der Waals surface area (Å²) < 4.78 is 3.92. The minimum Gasteiger partial charge on any atom is -0.353 e. The molecule has 5 heterocycles. The number of urea groups is 1. The van der Waals surface area contributed by atoms with E-state index >= 15 is 0 Å². The SMILES string of the molecule is O=C(Nc1snnc1C(=O)N1CCN(c2ccccn2)CC1)N1CCN(c2ncccn2)CC1. The maximum Gasteiger partial charge on any atom is 0.322 e. The Morgan fingerprint density at radius 1 is 0.794 bits per heavy atom. The average molecular weight is 481 g/mol. The van der Waals surface area contributed by atoms with Crippen molar-refractivity contribution >= 4 is 40.2 Å².